The van der Waals surface area contributed by atoms with Gasteiger partial charge in [-0.25, -0.2) is 9.97 Å². The Morgan fingerprint density at radius 1 is 0.972 bits per heavy atom. The van der Waals surface area contributed by atoms with Crippen LogP contribution < -0.4 is 0 Å². The van der Waals surface area contributed by atoms with E-state index >= 15 is 0 Å². The molecule has 2 saturated heterocycles. The molecule has 3 aromatic rings. The number of imidazole rings is 1. The van der Waals surface area contributed by atoms with Gasteiger partial charge in [0.05, 0.1) is 22.9 Å². The summed E-state index contributed by atoms with van der Waals surface area (Å²) in [7, 11) is 0. The second kappa shape index (κ2) is 10.8. The van der Waals surface area contributed by atoms with Crippen LogP contribution in [0, 0.1) is 19.8 Å². The lowest BCUT2D eigenvalue weighted by molar-refractivity contribution is -0.137. The minimum absolute atomic E-state index is 0.0418. The highest BCUT2D eigenvalue weighted by Crippen LogP contribution is 2.31. The lowest BCUT2D eigenvalue weighted by Crippen LogP contribution is -2.51. The third-order valence-corrected chi connectivity index (χ3v) is 7.86. The monoisotopic (exact) mass is 488 g/mol. The number of fused-ring (bicyclic) bond motifs is 1. The van der Waals surface area contributed by atoms with Crippen LogP contribution in [0.1, 0.15) is 67.0 Å². The van der Waals surface area contributed by atoms with Gasteiger partial charge in [-0.2, -0.15) is 0 Å². The predicted molar refractivity (Wildman–Crippen MR) is 138 cm³/mol. The SMILES string of the molecule is Cc1cnc(C(=O)N2CCC(C3CCCCN3C(=O)CCCn3c(C)nc4ccccc43)CC2)cn1. The molecule has 2 aromatic heterocycles. The summed E-state index contributed by atoms with van der Waals surface area (Å²) in [5.41, 5.74) is 3.36. The Labute approximate surface area is 212 Å². The largest absolute Gasteiger partial charge is 0.339 e. The van der Waals surface area contributed by atoms with Crippen molar-refractivity contribution in [1.82, 2.24) is 29.3 Å². The van der Waals surface area contributed by atoms with E-state index in [0.717, 1.165) is 67.7 Å². The molecule has 8 heteroatoms. The number of hydrogen-bond acceptors (Lipinski definition) is 5. The van der Waals surface area contributed by atoms with Gasteiger partial charge in [-0.3, -0.25) is 14.6 Å². The molecule has 8 nitrogen and oxygen atoms in total. The molecule has 1 unspecified atom stereocenters. The van der Waals surface area contributed by atoms with E-state index < -0.39 is 0 Å². The van der Waals surface area contributed by atoms with E-state index in [2.05, 4.69) is 30.5 Å². The molecule has 0 bridgehead atoms. The number of benzene rings is 1. The van der Waals surface area contributed by atoms with E-state index in [1.807, 2.05) is 36.9 Å². The third-order valence-electron chi connectivity index (χ3n) is 7.86. The maximum Gasteiger partial charge on any atom is 0.274 e. The molecule has 0 radical (unpaired) electrons. The number of carbonyl (C=O) groups excluding carboxylic acids is 2. The lowest BCUT2D eigenvalue weighted by Gasteiger charge is -2.43. The van der Waals surface area contributed by atoms with Gasteiger partial charge >= 0.3 is 0 Å². The Morgan fingerprint density at radius 2 is 1.78 bits per heavy atom. The molecular weight excluding hydrogens is 452 g/mol. The van der Waals surface area contributed by atoms with Crippen LogP contribution in [-0.2, 0) is 11.3 Å². The van der Waals surface area contributed by atoms with Crippen molar-refractivity contribution >= 4 is 22.8 Å². The second-order valence-corrected chi connectivity index (χ2v) is 10.2. The average Bonchev–Trinajstić information content (AvgIpc) is 3.23. The number of aryl methyl sites for hydroxylation is 3. The van der Waals surface area contributed by atoms with Crippen molar-refractivity contribution < 1.29 is 9.59 Å². The fourth-order valence-corrected chi connectivity index (χ4v) is 5.92. The summed E-state index contributed by atoms with van der Waals surface area (Å²) >= 11 is 0. The fraction of sp³-hybridized carbons (Fsp3) is 0.536. The predicted octanol–water partition coefficient (Wildman–Crippen LogP) is 4.16. The van der Waals surface area contributed by atoms with Crippen molar-refractivity contribution in [2.45, 2.75) is 71.4 Å². The van der Waals surface area contributed by atoms with Crippen molar-refractivity contribution in [2.75, 3.05) is 19.6 Å². The number of likely N-dealkylation sites (tertiary alicyclic amines) is 2. The molecule has 2 aliphatic rings. The van der Waals surface area contributed by atoms with Gasteiger partial charge < -0.3 is 14.4 Å². The molecule has 36 heavy (non-hydrogen) atoms. The molecule has 5 rings (SSSR count). The summed E-state index contributed by atoms with van der Waals surface area (Å²) in [6.45, 7) is 6.98. The van der Waals surface area contributed by atoms with Crippen LogP contribution in [0.3, 0.4) is 0 Å². The minimum Gasteiger partial charge on any atom is -0.339 e. The Bertz CT molecular complexity index is 1210. The summed E-state index contributed by atoms with van der Waals surface area (Å²) in [4.78, 5) is 43.3. The molecule has 2 amide bonds. The molecule has 2 fully saturated rings. The molecule has 0 saturated carbocycles. The molecule has 2 aliphatic heterocycles. The molecule has 1 atom stereocenters. The van der Waals surface area contributed by atoms with Gasteiger partial charge in [0.25, 0.3) is 5.91 Å². The molecule has 4 heterocycles. The summed E-state index contributed by atoms with van der Waals surface area (Å²) < 4.78 is 2.22. The number of rotatable bonds is 6. The Hall–Kier alpha value is -3.29. The van der Waals surface area contributed by atoms with Crippen molar-refractivity contribution in [3.8, 4) is 0 Å². The minimum atomic E-state index is -0.0418. The first-order valence-electron chi connectivity index (χ1n) is 13.3. The number of para-hydroxylation sites is 2. The van der Waals surface area contributed by atoms with Crippen molar-refractivity contribution in [3.05, 3.63) is 53.9 Å². The zero-order chi connectivity index (χ0) is 25.1. The standard InChI is InChI=1S/C28H36N6O2/c1-20-18-30-24(19-29-20)28(36)32-16-12-22(13-17-32)25-9-5-6-14-34(25)27(35)11-7-15-33-21(2)31-23-8-3-4-10-26(23)33/h3-4,8,10,18-19,22,25H,5-7,9,11-17H2,1-2H3. The highest BCUT2D eigenvalue weighted by atomic mass is 16.2. The smallest absolute Gasteiger partial charge is 0.274 e. The van der Waals surface area contributed by atoms with E-state index in [-0.39, 0.29) is 11.8 Å². The number of piperidine rings is 2. The van der Waals surface area contributed by atoms with E-state index in [1.54, 1.807) is 12.4 Å². The van der Waals surface area contributed by atoms with E-state index in [9.17, 15) is 9.59 Å². The Balaban J connectivity index is 1.16. The zero-order valence-electron chi connectivity index (χ0n) is 21.4. The highest BCUT2D eigenvalue weighted by Gasteiger charge is 2.35. The van der Waals surface area contributed by atoms with Crippen LogP contribution in [0.25, 0.3) is 11.0 Å². The first kappa shape index (κ1) is 24.4. The Kier molecular flexibility index (Phi) is 7.30. The van der Waals surface area contributed by atoms with Crippen LogP contribution >= 0.6 is 0 Å². The number of hydrogen-bond donors (Lipinski definition) is 0. The Morgan fingerprint density at radius 3 is 2.56 bits per heavy atom. The van der Waals surface area contributed by atoms with Crippen LogP contribution in [0.4, 0.5) is 0 Å². The summed E-state index contributed by atoms with van der Waals surface area (Å²) in [5, 5.41) is 0. The highest BCUT2D eigenvalue weighted by molar-refractivity contribution is 5.92. The van der Waals surface area contributed by atoms with Gasteiger partial charge in [0.1, 0.15) is 11.5 Å². The third kappa shape index (κ3) is 5.13. The van der Waals surface area contributed by atoms with Gasteiger partial charge in [0.2, 0.25) is 5.91 Å². The van der Waals surface area contributed by atoms with Crippen LogP contribution in [0.2, 0.25) is 0 Å². The molecular formula is C28H36N6O2. The first-order valence-corrected chi connectivity index (χ1v) is 13.3. The number of carbonyl (C=O) groups is 2. The average molecular weight is 489 g/mol. The molecule has 1 aromatic carbocycles. The van der Waals surface area contributed by atoms with Crippen molar-refractivity contribution in [1.29, 1.82) is 0 Å². The molecule has 190 valence electrons. The number of amides is 2. The van der Waals surface area contributed by atoms with Crippen LogP contribution in [0.15, 0.2) is 36.7 Å². The summed E-state index contributed by atoms with van der Waals surface area (Å²) in [5.74, 6) is 1.68. The molecule has 0 spiro atoms. The van der Waals surface area contributed by atoms with Gasteiger partial charge in [-0.1, -0.05) is 12.1 Å². The fourth-order valence-electron chi connectivity index (χ4n) is 5.92. The van der Waals surface area contributed by atoms with Crippen LogP contribution in [-0.4, -0.2) is 66.8 Å². The second-order valence-electron chi connectivity index (χ2n) is 10.2. The topological polar surface area (TPSA) is 84.2 Å². The molecule has 0 N–H and O–H groups in total. The van der Waals surface area contributed by atoms with E-state index in [0.29, 0.717) is 37.2 Å². The summed E-state index contributed by atoms with van der Waals surface area (Å²) in [6, 6.07) is 8.47. The molecule has 0 aliphatic carbocycles. The van der Waals surface area contributed by atoms with Gasteiger partial charge in [-0.15, -0.1) is 0 Å². The summed E-state index contributed by atoms with van der Waals surface area (Å²) in [6.07, 6.45) is 9.77. The van der Waals surface area contributed by atoms with Crippen LogP contribution in [0.5, 0.6) is 0 Å². The maximum absolute atomic E-state index is 13.3. The van der Waals surface area contributed by atoms with E-state index in [4.69, 9.17) is 0 Å². The quantitative estimate of drug-likeness (QED) is 0.520. The van der Waals surface area contributed by atoms with Gasteiger partial charge in [0, 0.05) is 44.8 Å². The van der Waals surface area contributed by atoms with Gasteiger partial charge in [0.15, 0.2) is 0 Å². The number of nitrogens with zero attached hydrogens (tertiary/aromatic N) is 6. The van der Waals surface area contributed by atoms with E-state index in [1.165, 1.54) is 6.42 Å². The number of aromatic nitrogens is 4. The normalized spacial score (nSPS) is 19.1. The first-order chi connectivity index (χ1) is 17.5. The maximum atomic E-state index is 13.3. The van der Waals surface area contributed by atoms with Crippen molar-refractivity contribution in [2.24, 2.45) is 5.92 Å². The zero-order valence-corrected chi connectivity index (χ0v) is 21.4. The lowest BCUT2D eigenvalue weighted by atomic mass is 9.83. The van der Waals surface area contributed by atoms with Gasteiger partial charge in [-0.05, 0) is 70.4 Å². The van der Waals surface area contributed by atoms with Crippen molar-refractivity contribution in [3.63, 3.8) is 0 Å².